The van der Waals surface area contributed by atoms with Crippen LogP contribution in [0.5, 0.6) is 5.75 Å². The van der Waals surface area contributed by atoms with Gasteiger partial charge in [-0.05, 0) is 31.2 Å². The summed E-state index contributed by atoms with van der Waals surface area (Å²) in [5.74, 6) is 0.500. The molecule has 6 nitrogen and oxygen atoms in total. The highest BCUT2D eigenvalue weighted by Crippen LogP contribution is 2.34. The number of benzene rings is 2. The molecule has 0 atom stereocenters. The minimum Gasteiger partial charge on any atom is -0.486 e. The van der Waals surface area contributed by atoms with E-state index in [2.05, 4.69) is 15.2 Å². The quantitative estimate of drug-likeness (QED) is 0.594. The van der Waals surface area contributed by atoms with Gasteiger partial charge in [0.2, 0.25) is 0 Å². The molecule has 2 aromatic carbocycles. The van der Waals surface area contributed by atoms with Gasteiger partial charge in [0.15, 0.2) is 0 Å². The zero-order valence-corrected chi connectivity index (χ0v) is 18.1. The first-order valence-corrected chi connectivity index (χ1v) is 10.9. The van der Waals surface area contributed by atoms with Gasteiger partial charge in [0.05, 0.1) is 29.6 Å². The van der Waals surface area contributed by atoms with Crippen molar-refractivity contribution in [3.63, 3.8) is 0 Å². The van der Waals surface area contributed by atoms with Crippen LogP contribution in [0.3, 0.4) is 0 Å². The van der Waals surface area contributed by atoms with Crippen molar-refractivity contribution in [2.24, 2.45) is 0 Å². The highest BCUT2D eigenvalue weighted by molar-refractivity contribution is 7.09. The number of thiazole rings is 1. The number of aromatic nitrogens is 1. The molecule has 1 aliphatic heterocycles. The molecule has 3 aromatic rings. The molecular formula is C22H22ClN3O3S. The largest absolute Gasteiger partial charge is 0.486 e. The van der Waals surface area contributed by atoms with Gasteiger partial charge in [0.1, 0.15) is 23.1 Å². The number of halogens is 1. The Morgan fingerprint density at radius 2 is 2.00 bits per heavy atom. The van der Waals surface area contributed by atoms with E-state index in [9.17, 15) is 4.79 Å². The highest BCUT2D eigenvalue weighted by atomic mass is 35.5. The number of carbonyl (C=O) groups is 1. The molecule has 1 fully saturated rings. The number of nitrogens with zero attached hydrogens (tertiary/aromatic N) is 2. The summed E-state index contributed by atoms with van der Waals surface area (Å²) in [6, 6.07) is 13.3. The van der Waals surface area contributed by atoms with E-state index in [1.165, 1.54) is 16.9 Å². The number of nitrogens with one attached hydrogen (secondary N) is 1. The summed E-state index contributed by atoms with van der Waals surface area (Å²) in [4.78, 5) is 19.3. The van der Waals surface area contributed by atoms with Crippen molar-refractivity contribution < 1.29 is 14.3 Å². The van der Waals surface area contributed by atoms with Crippen LogP contribution in [0.25, 0.3) is 0 Å². The van der Waals surface area contributed by atoms with Gasteiger partial charge in [0, 0.05) is 18.5 Å². The Hall–Kier alpha value is -2.61. The van der Waals surface area contributed by atoms with Crippen LogP contribution in [0, 0.1) is 6.92 Å². The van der Waals surface area contributed by atoms with Crippen LogP contribution in [0.4, 0.5) is 11.4 Å². The van der Waals surface area contributed by atoms with Gasteiger partial charge in [0.25, 0.3) is 5.91 Å². The number of ether oxygens (including phenoxy) is 2. The van der Waals surface area contributed by atoms with Crippen molar-refractivity contribution >= 4 is 40.2 Å². The van der Waals surface area contributed by atoms with E-state index in [1.54, 1.807) is 5.38 Å². The second kappa shape index (κ2) is 9.47. The van der Waals surface area contributed by atoms with Crippen LogP contribution in [0.2, 0.25) is 5.02 Å². The summed E-state index contributed by atoms with van der Waals surface area (Å²) in [5, 5.41) is 6.03. The molecule has 0 bridgehead atoms. The number of rotatable bonds is 6. The lowest BCUT2D eigenvalue weighted by molar-refractivity contribution is 0.102. The van der Waals surface area contributed by atoms with Crippen molar-refractivity contribution in [2.45, 2.75) is 13.5 Å². The number of anilines is 2. The van der Waals surface area contributed by atoms with E-state index < -0.39 is 0 Å². The van der Waals surface area contributed by atoms with Gasteiger partial charge in [-0.25, -0.2) is 4.98 Å². The zero-order valence-electron chi connectivity index (χ0n) is 16.6. The molecule has 0 unspecified atom stereocenters. The monoisotopic (exact) mass is 443 g/mol. The fraction of sp³-hybridized carbons (Fsp3) is 0.273. The molecule has 0 radical (unpaired) electrons. The lowest BCUT2D eigenvalue weighted by Gasteiger charge is -2.31. The molecule has 0 aliphatic carbocycles. The number of para-hydroxylation sites is 1. The molecule has 1 N–H and O–H groups in total. The lowest BCUT2D eigenvalue weighted by atomic mass is 10.2. The Labute approximate surface area is 184 Å². The maximum Gasteiger partial charge on any atom is 0.275 e. The maximum absolute atomic E-state index is 12.8. The molecule has 1 amide bonds. The molecule has 0 saturated carbocycles. The molecule has 1 aromatic heterocycles. The Balaban J connectivity index is 1.43. The van der Waals surface area contributed by atoms with Crippen molar-refractivity contribution in [3.8, 4) is 5.75 Å². The predicted octanol–water partition coefficient (Wildman–Crippen LogP) is 4.77. The molecule has 1 saturated heterocycles. The van der Waals surface area contributed by atoms with Crippen LogP contribution in [-0.4, -0.2) is 37.2 Å². The van der Waals surface area contributed by atoms with Gasteiger partial charge in [-0.1, -0.05) is 35.4 Å². The van der Waals surface area contributed by atoms with E-state index in [1.807, 2.05) is 49.4 Å². The van der Waals surface area contributed by atoms with Crippen LogP contribution in [-0.2, 0) is 11.3 Å². The normalized spacial score (nSPS) is 13.9. The topological polar surface area (TPSA) is 63.7 Å². The first kappa shape index (κ1) is 20.7. The predicted molar refractivity (Wildman–Crippen MR) is 120 cm³/mol. The number of amides is 1. The first-order chi connectivity index (χ1) is 14.6. The maximum atomic E-state index is 12.8. The second-order valence-corrected chi connectivity index (χ2v) is 8.27. The summed E-state index contributed by atoms with van der Waals surface area (Å²) in [7, 11) is 0. The van der Waals surface area contributed by atoms with Gasteiger partial charge >= 0.3 is 0 Å². The molecule has 156 valence electrons. The standard InChI is InChI=1S/C22H22ClN3O3S/c1-15-5-7-16(8-6-15)29-13-20-24-19(14-30-20)22(27)25-18-4-2-3-17(23)21(18)26-9-11-28-12-10-26/h2-8,14H,9-13H2,1H3,(H,25,27). The average molecular weight is 444 g/mol. The van der Waals surface area contributed by atoms with E-state index in [-0.39, 0.29) is 5.91 Å². The lowest BCUT2D eigenvalue weighted by Crippen LogP contribution is -2.37. The molecule has 30 heavy (non-hydrogen) atoms. The molecular weight excluding hydrogens is 422 g/mol. The summed E-state index contributed by atoms with van der Waals surface area (Å²) < 4.78 is 11.2. The molecule has 4 rings (SSSR count). The summed E-state index contributed by atoms with van der Waals surface area (Å²) in [5.41, 5.74) is 3.01. The van der Waals surface area contributed by atoms with Gasteiger partial charge in [-0.3, -0.25) is 4.79 Å². The minimum absolute atomic E-state index is 0.274. The van der Waals surface area contributed by atoms with E-state index in [0.717, 1.165) is 29.5 Å². The Morgan fingerprint density at radius 3 is 2.77 bits per heavy atom. The molecule has 0 spiro atoms. The SMILES string of the molecule is Cc1ccc(OCc2nc(C(=O)Nc3cccc(Cl)c3N3CCOCC3)cs2)cc1. The van der Waals surface area contributed by atoms with Crippen molar-refractivity contribution in [1.82, 2.24) is 4.98 Å². The molecule has 8 heteroatoms. The van der Waals surface area contributed by atoms with Crippen molar-refractivity contribution in [2.75, 3.05) is 36.5 Å². The van der Waals surface area contributed by atoms with Gasteiger partial charge in [-0.2, -0.15) is 0 Å². The number of morpholine rings is 1. The third kappa shape index (κ3) is 4.92. The fourth-order valence-corrected chi connectivity index (χ4v) is 4.15. The molecule has 2 heterocycles. The van der Waals surface area contributed by atoms with Crippen LogP contribution in [0.1, 0.15) is 21.1 Å². The summed E-state index contributed by atoms with van der Waals surface area (Å²) >= 11 is 7.84. The third-order valence-corrected chi connectivity index (χ3v) is 5.86. The van der Waals surface area contributed by atoms with Crippen LogP contribution >= 0.6 is 22.9 Å². The Morgan fingerprint density at radius 1 is 1.23 bits per heavy atom. The number of hydrogen-bond acceptors (Lipinski definition) is 6. The first-order valence-electron chi connectivity index (χ1n) is 9.66. The van der Waals surface area contributed by atoms with Crippen LogP contribution < -0.4 is 15.0 Å². The van der Waals surface area contributed by atoms with Crippen molar-refractivity contribution in [3.05, 3.63) is 69.1 Å². The highest BCUT2D eigenvalue weighted by Gasteiger charge is 2.20. The number of aryl methyl sites for hydroxylation is 1. The second-order valence-electron chi connectivity index (χ2n) is 6.92. The smallest absolute Gasteiger partial charge is 0.275 e. The number of hydrogen-bond donors (Lipinski definition) is 1. The van der Waals surface area contributed by atoms with E-state index >= 15 is 0 Å². The van der Waals surface area contributed by atoms with E-state index in [0.29, 0.717) is 36.2 Å². The number of carbonyl (C=O) groups excluding carboxylic acids is 1. The Bertz CT molecular complexity index is 1020. The summed E-state index contributed by atoms with van der Waals surface area (Å²) in [6.45, 7) is 5.06. The van der Waals surface area contributed by atoms with E-state index in [4.69, 9.17) is 21.1 Å². The van der Waals surface area contributed by atoms with Gasteiger partial charge < -0.3 is 19.7 Å². The summed E-state index contributed by atoms with van der Waals surface area (Å²) in [6.07, 6.45) is 0. The Kier molecular flexibility index (Phi) is 6.52. The third-order valence-electron chi connectivity index (χ3n) is 4.73. The average Bonchev–Trinajstić information content (AvgIpc) is 3.23. The van der Waals surface area contributed by atoms with Crippen molar-refractivity contribution in [1.29, 1.82) is 0 Å². The van der Waals surface area contributed by atoms with Gasteiger partial charge in [-0.15, -0.1) is 11.3 Å². The molecule has 1 aliphatic rings. The van der Waals surface area contributed by atoms with Crippen LogP contribution in [0.15, 0.2) is 47.8 Å². The minimum atomic E-state index is -0.274. The zero-order chi connectivity index (χ0) is 20.9. The fourth-order valence-electron chi connectivity index (χ4n) is 3.17.